The molecule has 0 bridgehead atoms. The maximum absolute atomic E-state index is 12.4. The van der Waals surface area contributed by atoms with E-state index >= 15 is 0 Å². The van der Waals surface area contributed by atoms with Crippen molar-refractivity contribution in [2.45, 2.75) is 20.8 Å². The van der Waals surface area contributed by atoms with E-state index in [1.54, 1.807) is 6.07 Å². The van der Waals surface area contributed by atoms with Crippen molar-refractivity contribution in [1.82, 2.24) is 15.4 Å². The van der Waals surface area contributed by atoms with Crippen LogP contribution in [0.4, 0.5) is 5.13 Å². The fourth-order valence-corrected chi connectivity index (χ4v) is 3.71. The lowest BCUT2D eigenvalue weighted by Gasteiger charge is -2.06. The van der Waals surface area contributed by atoms with Crippen molar-refractivity contribution >= 4 is 43.5 Å². The van der Waals surface area contributed by atoms with Gasteiger partial charge in [0.05, 0.1) is 15.7 Å². The quantitative estimate of drug-likeness (QED) is 0.526. The molecule has 0 atom stereocenters. The Balaban J connectivity index is 1.53. The summed E-state index contributed by atoms with van der Waals surface area (Å²) in [6, 6.07) is 13.5. The second-order valence-electron chi connectivity index (χ2n) is 6.31. The molecular formula is C20H18N4OS. The predicted molar refractivity (Wildman–Crippen MR) is 107 cm³/mol. The van der Waals surface area contributed by atoms with Gasteiger partial charge in [-0.1, -0.05) is 23.5 Å². The molecule has 1 amide bonds. The molecule has 0 aliphatic heterocycles. The van der Waals surface area contributed by atoms with E-state index in [0.29, 0.717) is 10.7 Å². The summed E-state index contributed by atoms with van der Waals surface area (Å²) < 4.78 is 1.09. The number of nitrogens with zero attached hydrogens (tertiary/aromatic N) is 2. The molecule has 0 unspecified atom stereocenters. The highest BCUT2D eigenvalue weighted by Crippen LogP contribution is 2.29. The van der Waals surface area contributed by atoms with Crippen LogP contribution in [0, 0.1) is 20.8 Å². The first-order chi connectivity index (χ1) is 12.5. The average Bonchev–Trinajstić information content (AvgIpc) is 3.06. The number of aryl methyl sites for hydroxylation is 3. The smallest absolute Gasteiger partial charge is 0.269 e. The van der Waals surface area contributed by atoms with Crippen molar-refractivity contribution in [3.8, 4) is 0 Å². The van der Waals surface area contributed by atoms with Gasteiger partial charge in [-0.15, -0.1) is 0 Å². The normalized spacial score (nSPS) is 11.0. The van der Waals surface area contributed by atoms with Gasteiger partial charge in [0.25, 0.3) is 5.91 Å². The van der Waals surface area contributed by atoms with Crippen molar-refractivity contribution in [3.63, 3.8) is 0 Å². The third-order valence-electron chi connectivity index (χ3n) is 4.46. The van der Waals surface area contributed by atoms with Crippen LogP contribution in [-0.4, -0.2) is 15.9 Å². The number of pyridine rings is 1. The number of hydrogen-bond donors (Lipinski definition) is 2. The standard InChI is InChI=1S/C20H18N4OS/c1-11-4-9-17-18(13(11)3)22-20(26-17)24-23-19(25)15-7-8-16-14(10-15)6-5-12(2)21-16/h4-10H,1-3H3,(H,22,24)(H,23,25). The molecule has 4 aromatic rings. The van der Waals surface area contributed by atoms with Crippen LogP contribution >= 0.6 is 11.3 Å². The number of amides is 1. The molecule has 0 aliphatic carbocycles. The summed E-state index contributed by atoms with van der Waals surface area (Å²) in [6.07, 6.45) is 0. The fourth-order valence-electron chi connectivity index (χ4n) is 2.83. The number of aromatic nitrogens is 2. The maximum Gasteiger partial charge on any atom is 0.269 e. The highest BCUT2D eigenvalue weighted by molar-refractivity contribution is 7.22. The minimum absolute atomic E-state index is 0.209. The van der Waals surface area contributed by atoms with Crippen LogP contribution in [0.2, 0.25) is 0 Å². The Bertz CT molecular complexity index is 1150. The van der Waals surface area contributed by atoms with Gasteiger partial charge in [0.1, 0.15) is 0 Å². The van der Waals surface area contributed by atoms with Gasteiger partial charge in [0, 0.05) is 16.6 Å². The Morgan fingerprint density at radius 2 is 1.85 bits per heavy atom. The van der Waals surface area contributed by atoms with Crippen LogP contribution in [0.15, 0.2) is 42.5 Å². The van der Waals surface area contributed by atoms with Gasteiger partial charge in [-0.05, 0) is 62.2 Å². The summed E-state index contributed by atoms with van der Waals surface area (Å²) in [6.45, 7) is 6.08. The Morgan fingerprint density at radius 3 is 2.69 bits per heavy atom. The number of rotatable bonds is 3. The molecule has 0 saturated carbocycles. The largest absolute Gasteiger partial charge is 0.273 e. The number of carbonyl (C=O) groups is 1. The van der Waals surface area contributed by atoms with Crippen LogP contribution in [0.1, 0.15) is 27.2 Å². The van der Waals surface area contributed by atoms with Crippen molar-refractivity contribution in [3.05, 3.63) is 64.8 Å². The van der Waals surface area contributed by atoms with Crippen molar-refractivity contribution in [2.24, 2.45) is 0 Å². The van der Waals surface area contributed by atoms with Gasteiger partial charge in [-0.25, -0.2) is 4.98 Å². The zero-order chi connectivity index (χ0) is 18.3. The van der Waals surface area contributed by atoms with Crippen LogP contribution < -0.4 is 10.9 Å². The predicted octanol–water partition coefficient (Wildman–Crippen LogP) is 4.53. The molecule has 2 aromatic carbocycles. The molecule has 0 radical (unpaired) electrons. The first kappa shape index (κ1) is 16.5. The zero-order valence-corrected chi connectivity index (χ0v) is 15.6. The molecule has 26 heavy (non-hydrogen) atoms. The SMILES string of the molecule is Cc1ccc2cc(C(=O)NNc3nc4c(C)c(C)ccc4s3)ccc2n1. The maximum atomic E-state index is 12.4. The number of carbonyl (C=O) groups excluding carboxylic acids is 1. The third-order valence-corrected chi connectivity index (χ3v) is 5.39. The molecule has 5 nitrogen and oxygen atoms in total. The first-order valence-corrected chi connectivity index (χ1v) is 9.13. The van der Waals surface area contributed by atoms with Crippen molar-refractivity contribution < 1.29 is 4.79 Å². The molecule has 2 heterocycles. The number of benzene rings is 2. The van der Waals surface area contributed by atoms with Crippen LogP contribution in [-0.2, 0) is 0 Å². The molecule has 0 spiro atoms. The topological polar surface area (TPSA) is 66.9 Å². The van der Waals surface area contributed by atoms with Gasteiger partial charge in [0.2, 0.25) is 5.13 Å². The summed E-state index contributed by atoms with van der Waals surface area (Å²) >= 11 is 1.51. The van der Waals surface area contributed by atoms with Crippen molar-refractivity contribution in [1.29, 1.82) is 0 Å². The summed E-state index contributed by atoms with van der Waals surface area (Å²) in [5, 5.41) is 1.61. The molecular weight excluding hydrogens is 344 g/mol. The van der Waals surface area contributed by atoms with Gasteiger partial charge in [-0.3, -0.25) is 20.6 Å². The third kappa shape index (κ3) is 2.99. The highest BCUT2D eigenvalue weighted by atomic mass is 32.1. The Kier molecular flexibility index (Phi) is 4.05. The lowest BCUT2D eigenvalue weighted by Crippen LogP contribution is -2.29. The number of thiazole rings is 1. The van der Waals surface area contributed by atoms with E-state index < -0.39 is 0 Å². The molecule has 0 saturated heterocycles. The lowest BCUT2D eigenvalue weighted by atomic mass is 10.1. The zero-order valence-electron chi connectivity index (χ0n) is 14.8. The molecule has 2 N–H and O–H groups in total. The lowest BCUT2D eigenvalue weighted by molar-refractivity contribution is 0.0963. The molecule has 130 valence electrons. The minimum atomic E-state index is -0.209. The van der Waals surface area contributed by atoms with E-state index in [4.69, 9.17) is 0 Å². The van der Waals surface area contributed by atoms with E-state index in [-0.39, 0.29) is 5.91 Å². The second kappa shape index (κ2) is 6.38. The molecule has 0 aliphatic rings. The number of anilines is 1. The Labute approximate surface area is 155 Å². The van der Waals surface area contributed by atoms with Gasteiger partial charge in [0.15, 0.2) is 0 Å². The van der Waals surface area contributed by atoms with Crippen LogP contribution in [0.25, 0.3) is 21.1 Å². The summed E-state index contributed by atoms with van der Waals surface area (Å²) in [4.78, 5) is 21.5. The number of hydrazine groups is 1. The Hall–Kier alpha value is -2.99. The van der Waals surface area contributed by atoms with E-state index in [1.807, 2.05) is 31.2 Å². The Morgan fingerprint density at radius 1 is 1.00 bits per heavy atom. The molecule has 2 aromatic heterocycles. The van der Waals surface area contributed by atoms with E-state index in [9.17, 15) is 4.79 Å². The summed E-state index contributed by atoms with van der Waals surface area (Å²) in [5.41, 5.74) is 11.4. The van der Waals surface area contributed by atoms with Gasteiger partial charge in [-0.2, -0.15) is 0 Å². The average molecular weight is 362 g/mol. The van der Waals surface area contributed by atoms with Gasteiger partial charge >= 0.3 is 0 Å². The molecule has 4 rings (SSSR count). The number of fused-ring (bicyclic) bond motifs is 2. The first-order valence-electron chi connectivity index (χ1n) is 8.32. The second-order valence-corrected chi connectivity index (χ2v) is 7.34. The van der Waals surface area contributed by atoms with Crippen molar-refractivity contribution in [2.75, 3.05) is 5.43 Å². The van der Waals surface area contributed by atoms with E-state index in [0.717, 1.165) is 32.4 Å². The van der Waals surface area contributed by atoms with Crippen LogP contribution in [0.3, 0.4) is 0 Å². The summed E-state index contributed by atoms with van der Waals surface area (Å²) in [5.74, 6) is -0.209. The van der Waals surface area contributed by atoms with E-state index in [2.05, 4.69) is 46.8 Å². The van der Waals surface area contributed by atoms with Crippen LogP contribution in [0.5, 0.6) is 0 Å². The molecule has 0 fully saturated rings. The number of nitrogens with one attached hydrogen (secondary N) is 2. The highest BCUT2D eigenvalue weighted by Gasteiger charge is 2.10. The van der Waals surface area contributed by atoms with E-state index in [1.165, 1.54) is 16.9 Å². The fraction of sp³-hybridized carbons (Fsp3) is 0.150. The summed E-state index contributed by atoms with van der Waals surface area (Å²) in [7, 11) is 0. The van der Waals surface area contributed by atoms with Gasteiger partial charge < -0.3 is 0 Å². The minimum Gasteiger partial charge on any atom is -0.273 e. The monoisotopic (exact) mass is 362 g/mol. The number of hydrogen-bond acceptors (Lipinski definition) is 5. The molecule has 6 heteroatoms.